The summed E-state index contributed by atoms with van der Waals surface area (Å²) in [4.78, 5) is 30.3. The first kappa shape index (κ1) is 16.4. The molecule has 0 saturated heterocycles. The molecule has 132 valence electrons. The zero-order valence-corrected chi connectivity index (χ0v) is 14.9. The van der Waals surface area contributed by atoms with Crippen molar-refractivity contribution in [1.82, 2.24) is 4.98 Å². The molecule has 2 amide bonds. The van der Waals surface area contributed by atoms with Gasteiger partial charge >= 0.3 is 6.09 Å². The monoisotopic (exact) mass is 348 g/mol. The van der Waals surface area contributed by atoms with E-state index >= 15 is 0 Å². The van der Waals surface area contributed by atoms with Gasteiger partial charge in [0.25, 0.3) is 0 Å². The van der Waals surface area contributed by atoms with E-state index in [0.717, 1.165) is 26.9 Å². The number of rotatable bonds is 1. The molecular weight excluding hydrogens is 328 g/mol. The standard InChI is InChI=1S/C21H20N2O3/c1-21(2,3)26-20(25)23-17-11-7-5-9-14(17)18(19(23)24)15-12-22-16-10-6-4-8-13(15)16/h4-12,18,22H,1-3H3. The van der Waals surface area contributed by atoms with Gasteiger partial charge in [-0.3, -0.25) is 4.79 Å². The smallest absolute Gasteiger partial charge is 0.421 e. The minimum Gasteiger partial charge on any atom is -0.443 e. The van der Waals surface area contributed by atoms with Gasteiger partial charge in [-0.25, -0.2) is 9.69 Å². The van der Waals surface area contributed by atoms with Gasteiger partial charge in [0.05, 0.1) is 11.6 Å². The van der Waals surface area contributed by atoms with Crippen LogP contribution in [0.3, 0.4) is 0 Å². The fourth-order valence-electron chi connectivity index (χ4n) is 3.45. The Morgan fingerprint density at radius 3 is 2.50 bits per heavy atom. The lowest BCUT2D eigenvalue weighted by molar-refractivity contribution is -0.118. The largest absolute Gasteiger partial charge is 0.443 e. The van der Waals surface area contributed by atoms with E-state index in [9.17, 15) is 9.59 Å². The van der Waals surface area contributed by atoms with E-state index in [1.807, 2.05) is 48.7 Å². The average Bonchev–Trinajstić information content (AvgIpc) is 3.11. The van der Waals surface area contributed by atoms with Crippen molar-refractivity contribution >= 4 is 28.6 Å². The first-order chi connectivity index (χ1) is 12.4. The number of anilines is 1. The molecule has 1 aliphatic heterocycles. The van der Waals surface area contributed by atoms with E-state index in [-0.39, 0.29) is 5.91 Å². The number of fused-ring (bicyclic) bond motifs is 2. The first-order valence-corrected chi connectivity index (χ1v) is 8.59. The number of para-hydroxylation sites is 2. The highest BCUT2D eigenvalue weighted by atomic mass is 16.6. The predicted octanol–water partition coefficient (Wildman–Crippen LogP) is 4.58. The van der Waals surface area contributed by atoms with Crippen LogP contribution in [0.4, 0.5) is 10.5 Å². The highest BCUT2D eigenvalue weighted by Gasteiger charge is 2.43. The molecule has 1 aliphatic rings. The Morgan fingerprint density at radius 1 is 1.04 bits per heavy atom. The van der Waals surface area contributed by atoms with Crippen LogP contribution >= 0.6 is 0 Å². The molecule has 2 aromatic carbocycles. The molecule has 0 radical (unpaired) electrons. The highest BCUT2D eigenvalue weighted by molar-refractivity contribution is 6.21. The van der Waals surface area contributed by atoms with Crippen molar-refractivity contribution in [1.29, 1.82) is 0 Å². The maximum Gasteiger partial charge on any atom is 0.421 e. The Kier molecular flexibility index (Phi) is 3.61. The lowest BCUT2D eigenvalue weighted by Crippen LogP contribution is -2.39. The van der Waals surface area contributed by atoms with Crippen LogP contribution in [0.1, 0.15) is 37.8 Å². The SMILES string of the molecule is CC(C)(C)OC(=O)N1C(=O)C(c2c[nH]c3ccccc23)c2ccccc21. The van der Waals surface area contributed by atoms with Crippen molar-refractivity contribution in [3.63, 3.8) is 0 Å². The van der Waals surface area contributed by atoms with Crippen molar-refractivity contribution in [2.75, 3.05) is 4.90 Å². The molecule has 0 fully saturated rings. The van der Waals surface area contributed by atoms with Gasteiger partial charge < -0.3 is 9.72 Å². The summed E-state index contributed by atoms with van der Waals surface area (Å²) in [6, 6.07) is 15.2. The summed E-state index contributed by atoms with van der Waals surface area (Å²) in [6.45, 7) is 5.36. The van der Waals surface area contributed by atoms with Gasteiger partial charge in [-0.05, 0) is 44.0 Å². The molecular formula is C21H20N2O3. The van der Waals surface area contributed by atoms with E-state index in [4.69, 9.17) is 4.74 Å². The lowest BCUT2D eigenvalue weighted by Gasteiger charge is -2.24. The van der Waals surface area contributed by atoms with E-state index < -0.39 is 17.6 Å². The molecule has 0 aliphatic carbocycles. The number of ether oxygens (including phenoxy) is 1. The van der Waals surface area contributed by atoms with Crippen molar-refractivity contribution in [2.24, 2.45) is 0 Å². The summed E-state index contributed by atoms with van der Waals surface area (Å²) >= 11 is 0. The van der Waals surface area contributed by atoms with Gasteiger partial charge in [0.2, 0.25) is 5.91 Å². The normalized spacial score (nSPS) is 16.8. The Balaban J connectivity index is 1.83. The summed E-state index contributed by atoms with van der Waals surface area (Å²) < 4.78 is 5.46. The van der Waals surface area contributed by atoms with Crippen molar-refractivity contribution in [2.45, 2.75) is 32.3 Å². The van der Waals surface area contributed by atoms with Gasteiger partial charge in [0.15, 0.2) is 0 Å². The minimum atomic E-state index is -0.675. The summed E-state index contributed by atoms with van der Waals surface area (Å²) in [5, 5.41) is 0.978. The number of carbonyl (C=O) groups excluding carboxylic acids is 2. The number of nitrogens with one attached hydrogen (secondary N) is 1. The number of H-pyrrole nitrogens is 1. The van der Waals surface area contributed by atoms with Crippen LogP contribution in [0, 0.1) is 0 Å². The molecule has 26 heavy (non-hydrogen) atoms. The Hall–Kier alpha value is -3.08. The fourth-order valence-corrected chi connectivity index (χ4v) is 3.45. The van der Waals surface area contributed by atoms with Gasteiger partial charge in [-0.2, -0.15) is 0 Å². The third-order valence-electron chi connectivity index (χ3n) is 4.46. The van der Waals surface area contributed by atoms with E-state index in [0.29, 0.717) is 5.69 Å². The van der Waals surface area contributed by atoms with Crippen LogP contribution in [0.5, 0.6) is 0 Å². The van der Waals surface area contributed by atoms with E-state index in [2.05, 4.69) is 4.98 Å². The quantitative estimate of drug-likeness (QED) is 0.700. The third kappa shape index (κ3) is 2.56. The van der Waals surface area contributed by atoms with Crippen LogP contribution in [-0.4, -0.2) is 22.6 Å². The summed E-state index contributed by atoms with van der Waals surface area (Å²) in [7, 11) is 0. The molecule has 0 spiro atoms. The number of nitrogens with zero attached hydrogens (tertiary/aromatic N) is 1. The second-order valence-electron chi connectivity index (χ2n) is 7.44. The Morgan fingerprint density at radius 2 is 1.73 bits per heavy atom. The van der Waals surface area contributed by atoms with Gasteiger partial charge in [-0.15, -0.1) is 0 Å². The number of aromatic amines is 1. The lowest BCUT2D eigenvalue weighted by atomic mass is 9.92. The summed E-state index contributed by atoms with van der Waals surface area (Å²) in [5.41, 5.74) is 2.55. The highest BCUT2D eigenvalue weighted by Crippen LogP contribution is 2.43. The number of benzene rings is 2. The molecule has 5 nitrogen and oxygen atoms in total. The summed E-state index contributed by atoms with van der Waals surface area (Å²) in [6.07, 6.45) is 1.21. The number of amides is 2. The molecule has 0 bridgehead atoms. The molecule has 1 aromatic heterocycles. The van der Waals surface area contributed by atoms with Crippen molar-refractivity contribution < 1.29 is 14.3 Å². The fraction of sp³-hybridized carbons (Fsp3) is 0.238. The molecule has 1 atom stereocenters. The van der Waals surface area contributed by atoms with Gasteiger partial charge in [0.1, 0.15) is 5.60 Å². The minimum absolute atomic E-state index is 0.287. The second kappa shape index (κ2) is 5.73. The number of hydrogen-bond donors (Lipinski definition) is 1. The second-order valence-corrected chi connectivity index (χ2v) is 7.44. The molecule has 3 aromatic rings. The third-order valence-corrected chi connectivity index (χ3v) is 4.46. The number of imide groups is 1. The zero-order chi connectivity index (χ0) is 18.5. The van der Waals surface area contributed by atoms with Crippen LogP contribution < -0.4 is 4.90 Å². The number of aromatic nitrogens is 1. The number of hydrogen-bond acceptors (Lipinski definition) is 3. The first-order valence-electron chi connectivity index (χ1n) is 8.59. The topological polar surface area (TPSA) is 62.4 Å². The number of carbonyl (C=O) groups is 2. The summed E-state index contributed by atoms with van der Waals surface area (Å²) in [5.74, 6) is -0.819. The molecule has 1 unspecified atom stereocenters. The van der Waals surface area contributed by atoms with E-state index in [1.165, 1.54) is 0 Å². The van der Waals surface area contributed by atoms with Crippen LogP contribution in [0.25, 0.3) is 10.9 Å². The predicted molar refractivity (Wildman–Crippen MR) is 100 cm³/mol. The van der Waals surface area contributed by atoms with Crippen LogP contribution in [0.15, 0.2) is 54.7 Å². The molecule has 4 rings (SSSR count). The molecule has 1 N–H and O–H groups in total. The van der Waals surface area contributed by atoms with Gasteiger partial charge in [0, 0.05) is 17.1 Å². The molecule has 2 heterocycles. The van der Waals surface area contributed by atoms with Crippen molar-refractivity contribution in [3.8, 4) is 0 Å². The zero-order valence-electron chi connectivity index (χ0n) is 14.9. The van der Waals surface area contributed by atoms with Crippen LogP contribution in [0.2, 0.25) is 0 Å². The average molecular weight is 348 g/mol. The Labute approximate surface area is 151 Å². The maximum absolute atomic E-state index is 13.2. The van der Waals surface area contributed by atoms with Gasteiger partial charge in [-0.1, -0.05) is 36.4 Å². The van der Waals surface area contributed by atoms with Crippen molar-refractivity contribution in [3.05, 3.63) is 65.9 Å². The molecule has 5 heteroatoms. The Bertz CT molecular complexity index is 1010. The van der Waals surface area contributed by atoms with Crippen LogP contribution in [-0.2, 0) is 9.53 Å². The molecule has 0 saturated carbocycles. The maximum atomic E-state index is 13.2. The van der Waals surface area contributed by atoms with E-state index in [1.54, 1.807) is 26.8 Å².